The number of methoxy groups -OCH3 is 1. The molecule has 102 valence electrons. The van der Waals surface area contributed by atoms with Crippen molar-refractivity contribution >= 4 is 17.4 Å². The minimum absolute atomic E-state index is 0.0153. The lowest BCUT2D eigenvalue weighted by Crippen LogP contribution is -2.27. The van der Waals surface area contributed by atoms with Crippen LogP contribution in [-0.4, -0.2) is 41.4 Å². The minimum atomic E-state index is 0.0153. The van der Waals surface area contributed by atoms with E-state index in [0.717, 1.165) is 24.2 Å². The molecule has 1 unspecified atom stereocenters. The van der Waals surface area contributed by atoms with Gasteiger partial charge in [0, 0.05) is 19.3 Å². The summed E-state index contributed by atoms with van der Waals surface area (Å²) in [6.07, 6.45) is 3.82. The van der Waals surface area contributed by atoms with Gasteiger partial charge in [0.2, 0.25) is 0 Å². The molecular formula is C12H20ClN3O2. The van der Waals surface area contributed by atoms with E-state index in [4.69, 9.17) is 21.4 Å². The fourth-order valence-corrected chi connectivity index (χ4v) is 1.96. The Morgan fingerprint density at radius 2 is 2.28 bits per heavy atom. The van der Waals surface area contributed by atoms with E-state index >= 15 is 0 Å². The largest absolute Gasteiger partial charge is 0.396 e. The summed E-state index contributed by atoms with van der Waals surface area (Å²) in [5.41, 5.74) is 0.917. The summed E-state index contributed by atoms with van der Waals surface area (Å²) in [4.78, 5) is 8.21. The molecule has 1 atom stereocenters. The predicted molar refractivity (Wildman–Crippen MR) is 72.0 cm³/mol. The molecule has 0 amide bonds. The van der Waals surface area contributed by atoms with Crippen molar-refractivity contribution in [1.82, 2.24) is 9.97 Å². The maximum atomic E-state index is 9.01. The van der Waals surface area contributed by atoms with Gasteiger partial charge >= 0.3 is 0 Å². The molecule has 0 saturated carbocycles. The number of aromatic nitrogens is 2. The van der Waals surface area contributed by atoms with Crippen molar-refractivity contribution in [3.8, 4) is 0 Å². The molecule has 2 N–H and O–H groups in total. The molecule has 0 bridgehead atoms. The number of nitrogens with one attached hydrogen (secondary N) is 1. The number of aliphatic hydroxyl groups is 1. The van der Waals surface area contributed by atoms with Gasteiger partial charge in [0.25, 0.3) is 0 Å². The maximum Gasteiger partial charge on any atom is 0.137 e. The van der Waals surface area contributed by atoms with Gasteiger partial charge in [-0.15, -0.1) is 0 Å². The third kappa shape index (κ3) is 4.40. The quantitative estimate of drug-likeness (QED) is 0.708. The highest BCUT2D eigenvalue weighted by molar-refractivity contribution is 6.30. The fourth-order valence-electron chi connectivity index (χ4n) is 1.73. The Kier molecular flexibility index (Phi) is 6.93. The first kappa shape index (κ1) is 15.1. The zero-order valence-electron chi connectivity index (χ0n) is 10.8. The normalized spacial score (nSPS) is 12.4. The summed E-state index contributed by atoms with van der Waals surface area (Å²) in [6.45, 7) is 2.68. The number of rotatable bonds is 8. The van der Waals surface area contributed by atoms with Gasteiger partial charge < -0.3 is 15.2 Å². The fraction of sp³-hybridized carbons (Fsp3) is 0.667. The van der Waals surface area contributed by atoms with Gasteiger partial charge in [-0.3, -0.25) is 0 Å². The maximum absolute atomic E-state index is 9.01. The zero-order chi connectivity index (χ0) is 13.4. The number of hydrogen-bond acceptors (Lipinski definition) is 5. The molecule has 0 aliphatic heterocycles. The van der Waals surface area contributed by atoms with Crippen molar-refractivity contribution in [1.29, 1.82) is 0 Å². The SMILES string of the molecule is CCCc1c(Cl)ncnc1NC(CCO)COC. The summed E-state index contributed by atoms with van der Waals surface area (Å²) >= 11 is 6.07. The van der Waals surface area contributed by atoms with Crippen molar-refractivity contribution in [2.45, 2.75) is 32.2 Å². The summed E-state index contributed by atoms with van der Waals surface area (Å²) < 4.78 is 5.11. The molecule has 0 spiro atoms. The van der Waals surface area contributed by atoms with Crippen molar-refractivity contribution in [3.05, 3.63) is 17.0 Å². The Morgan fingerprint density at radius 1 is 1.50 bits per heavy atom. The van der Waals surface area contributed by atoms with Gasteiger partial charge in [-0.05, 0) is 12.8 Å². The molecule has 1 heterocycles. The number of anilines is 1. The van der Waals surface area contributed by atoms with Crippen LogP contribution in [0.2, 0.25) is 5.15 Å². The van der Waals surface area contributed by atoms with Crippen LogP contribution in [0.4, 0.5) is 5.82 Å². The highest BCUT2D eigenvalue weighted by atomic mass is 35.5. The Morgan fingerprint density at radius 3 is 2.89 bits per heavy atom. The highest BCUT2D eigenvalue weighted by Crippen LogP contribution is 2.22. The predicted octanol–water partition coefficient (Wildman–Crippen LogP) is 1.89. The second kappa shape index (κ2) is 8.24. The van der Waals surface area contributed by atoms with Crippen molar-refractivity contribution in [2.24, 2.45) is 0 Å². The third-order valence-corrected chi connectivity index (χ3v) is 2.90. The Hall–Kier alpha value is -0.910. The van der Waals surface area contributed by atoms with Crippen molar-refractivity contribution < 1.29 is 9.84 Å². The van der Waals surface area contributed by atoms with E-state index in [1.54, 1.807) is 7.11 Å². The van der Waals surface area contributed by atoms with Crippen LogP contribution in [0, 0.1) is 0 Å². The van der Waals surface area contributed by atoms with E-state index in [-0.39, 0.29) is 12.6 Å². The summed E-state index contributed by atoms with van der Waals surface area (Å²) in [6, 6.07) is 0.0153. The molecule has 1 aromatic heterocycles. The molecule has 0 radical (unpaired) electrons. The van der Waals surface area contributed by atoms with Gasteiger partial charge in [0.1, 0.15) is 17.3 Å². The van der Waals surface area contributed by atoms with Crippen LogP contribution in [0.3, 0.4) is 0 Å². The average Bonchev–Trinajstić information content (AvgIpc) is 2.34. The lowest BCUT2D eigenvalue weighted by atomic mass is 10.1. The summed E-state index contributed by atoms with van der Waals surface area (Å²) in [5, 5.41) is 12.7. The summed E-state index contributed by atoms with van der Waals surface area (Å²) in [5.74, 6) is 0.729. The number of ether oxygens (including phenoxy) is 1. The minimum Gasteiger partial charge on any atom is -0.396 e. The Balaban J connectivity index is 2.83. The molecule has 6 heteroatoms. The lowest BCUT2D eigenvalue weighted by Gasteiger charge is -2.19. The van der Waals surface area contributed by atoms with E-state index in [2.05, 4.69) is 22.2 Å². The topological polar surface area (TPSA) is 67.3 Å². The molecular weight excluding hydrogens is 254 g/mol. The van der Waals surface area contributed by atoms with Crippen LogP contribution in [0.15, 0.2) is 6.33 Å². The molecule has 0 aromatic carbocycles. The molecule has 0 fully saturated rings. The Bertz CT molecular complexity index is 357. The second-order valence-electron chi connectivity index (χ2n) is 4.05. The first-order valence-corrected chi connectivity index (χ1v) is 6.46. The molecule has 0 aliphatic carbocycles. The molecule has 1 aromatic rings. The summed E-state index contributed by atoms with van der Waals surface area (Å²) in [7, 11) is 1.63. The Labute approximate surface area is 113 Å². The van der Waals surface area contributed by atoms with E-state index < -0.39 is 0 Å². The van der Waals surface area contributed by atoms with Crippen molar-refractivity contribution in [3.63, 3.8) is 0 Å². The van der Waals surface area contributed by atoms with Crippen molar-refractivity contribution in [2.75, 3.05) is 25.6 Å². The molecule has 0 saturated heterocycles. The smallest absolute Gasteiger partial charge is 0.137 e. The lowest BCUT2D eigenvalue weighted by molar-refractivity contribution is 0.170. The monoisotopic (exact) mass is 273 g/mol. The van der Waals surface area contributed by atoms with Crippen LogP contribution in [0.5, 0.6) is 0 Å². The van der Waals surface area contributed by atoms with Crippen LogP contribution < -0.4 is 5.32 Å². The van der Waals surface area contributed by atoms with Gasteiger partial charge in [-0.1, -0.05) is 24.9 Å². The second-order valence-corrected chi connectivity index (χ2v) is 4.41. The highest BCUT2D eigenvalue weighted by Gasteiger charge is 2.13. The number of hydrogen-bond donors (Lipinski definition) is 2. The molecule has 5 nitrogen and oxygen atoms in total. The van der Waals surface area contributed by atoms with Crippen LogP contribution >= 0.6 is 11.6 Å². The molecule has 18 heavy (non-hydrogen) atoms. The van der Waals surface area contributed by atoms with E-state index in [1.807, 2.05) is 0 Å². The molecule has 0 aliphatic rings. The standard InChI is InChI=1S/C12H20ClN3O2/c1-3-4-10-11(13)14-8-15-12(10)16-9(5-6-17)7-18-2/h8-9,17H,3-7H2,1-2H3,(H,14,15,16). The van der Waals surface area contributed by atoms with E-state index in [9.17, 15) is 0 Å². The van der Waals surface area contributed by atoms with Crippen LogP contribution in [0.25, 0.3) is 0 Å². The van der Waals surface area contributed by atoms with Crippen LogP contribution in [0.1, 0.15) is 25.3 Å². The number of halogens is 1. The first-order chi connectivity index (χ1) is 8.72. The van der Waals surface area contributed by atoms with Gasteiger partial charge in [0.05, 0.1) is 12.6 Å². The van der Waals surface area contributed by atoms with Gasteiger partial charge in [-0.2, -0.15) is 0 Å². The first-order valence-electron chi connectivity index (χ1n) is 6.08. The average molecular weight is 274 g/mol. The van der Waals surface area contributed by atoms with Gasteiger partial charge in [0.15, 0.2) is 0 Å². The molecule has 1 rings (SSSR count). The third-order valence-electron chi connectivity index (χ3n) is 2.58. The van der Waals surface area contributed by atoms with Gasteiger partial charge in [-0.25, -0.2) is 9.97 Å². The van der Waals surface area contributed by atoms with E-state index in [0.29, 0.717) is 18.2 Å². The zero-order valence-corrected chi connectivity index (χ0v) is 11.6. The van der Waals surface area contributed by atoms with E-state index in [1.165, 1.54) is 6.33 Å². The van der Waals surface area contributed by atoms with Crippen LogP contribution in [-0.2, 0) is 11.2 Å². The number of nitrogens with zero attached hydrogens (tertiary/aromatic N) is 2. The number of aliphatic hydroxyl groups excluding tert-OH is 1.